The van der Waals surface area contributed by atoms with Crippen LogP contribution in [0.2, 0.25) is 10.2 Å². The summed E-state index contributed by atoms with van der Waals surface area (Å²) in [4.78, 5) is 14.3. The minimum Gasteiger partial charge on any atom is -0.459 e. The summed E-state index contributed by atoms with van der Waals surface area (Å²) in [6.45, 7) is 4.48. The molecule has 1 aromatic rings. The molecule has 0 spiro atoms. The fourth-order valence-electron chi connectivity index (χ4n) is 1.95. The Morgan fingerprint density at radius 1 is 1.25 bits per heavy atom. The van der Waals surface area contributed by atoms with Gasteiger partial charge in [-0.1, -0.05) is 23.2 Å². The maximum absolute atomic E-state index is 11.7. The molecule has 0 atom stereocenters. The average Bonchev–Trinajstić information content (AvgIpc) is 3.05. The molecule has 1 aliphatic rings. The first-order valence-corrected chi connectivity index (χ1v) is 7.99. The van der Waals surface area contributed by atoms with Crippen LogP contribution in [-0.2, 0) is 9.47 Å². The van der Waals surface area contributed by atoms with E-state index in [2.05, 4.69) is 9.27 Å². The third kappa shape index (κ3) is 4.56. The van der Waals surface area contributed by atoms with Crippen LogP contribution in [0, 0.1) is 0 Å². The monoisotopic (exact) mass is 338 g/mol. The molecule has 0 unspecified atom stereocenters. The highest BCUT2D eigenvalue weighted by Crippen LogP contribution is 2.28. The lowest BCUT2D eigenvalue weighted by Crippen LogP contribution is -2.24. The van der Waals surface area contributed by atoms with E-state index in [9.17, 15) is 4.79 Å². The van der Waals surface area contributed by atoms with Crippen molar-refractivity contribution in [1.29, 1.82) is 0 Å². The van der Waals surface area contributed by atoms with Gasteiger partial charge in [0.1, 0.15) is 11.6 Å². The molecule has 5 nitrogen and oxygen atoms in total. The maximum Gasteiger partial charge on any atom is 0.351 e. The number of carbonyl (C=O) groups excluding carboxylic acids is 1. The number of hydrogen-bond donors (Lipinski definition) is 0. The van der Waals surface area contributed by atoms with Crippen molar-refractivity contribution in [3.8, 4) is 0 Å². The highest BCUT2D eigenvalue weighted by Gasteiger charge is 2.18. The van der Waals surface area contributed by atoms with Crippen LogP contribution in [0.1, 0.15) is 22.5 Å². The molecule has 0 aliphatic carbocycles. The van der Waals surface area contributed by atoms with Gasteiger partial charge in [-0.25, -0.2) is 4.79 Å². The first kappa shape index (κ1) is 16.0. The minimum absolute atomic E-state index is 0.130. The molecule has 1 aromatic heterocycles. The normalized spacial score (nSPS) is 15.7. The predicted octanol–water partition coefficient (Wildman–Crippen LogP) is 2.72. The van der Waals surface area contributed by atoms with E-state index in [1.165, 1.54) is 12.8 Å². The molecule has 0 bridgehead atoms. The van der Waals surface area contributed by atoms with Gasteiger partial charge < -0.3 is 14.4 Å². The average molecular weight is 339 g/mol. The first-order chi connectivity index (χ1) is 9.68. The summed E-state index contributed by atoms with van der Waals surface area (Å²) in [7, 11) is 0. The zero-order valence-electron chi connectivity index (χ0n) is 10.9. The maximum atomic E-state index is 11.7. The molecule has 0 N–H and O–H groups in total. The first-order valence-electron chi connectivity index (χ1n) is 6.46. The number of rotatable bonds is 7. The van der Waals surface area contributed by atoms with Crippen molar-refractivity contribution in [2.45, 2.75) is 12.8 Å². The number of aromatic nitrogens is 1. The molecule has 20 heavy (non-hydrogen) atoms. The number of likely N-dealkylation sites (tertiary alicyclic amines) is 1. The molecule has 1 saturated heterocycles. The van der Waals surface area contributed by atoms with Gasteiger partial charge in [0.05, 0.1) is 13.2 Å². The number of ether oxygens (including phenoxy) is 2. The molecule has 112 valence electrons. The zero-order chi connectivity index (χ0) is 14.4. The van der Waals surface area contributed by atoms with E-state index in [0.29, 0.717) is 13.2 Å². The number of carbonyl (C=O) groups is 1. The van der Waals surface area contributed by atoms with E-state index in [-0.39, 0.29) is 21.7 Å². The van der Waals surface area contributed by atoms with Crippen LogP contribution in [0.5, 0.6) is 0 Å². The summed E-state index contributed by atoms with van der Waals surface area (Å²) in [5.41, 5.74) is 0. The van der Waals surface area contributed by atoms with E-state index in [0.717, 1.165) is 31.2 Å². The van der Waals surface area contributed by atoms with Crippen molar-refractivity contribution in [3.63, 3.8) is 0 Å². The molecule has 1 fully saturated rings. The van der Waals surface area contributed by atoms with Gasteiger partial charge in [0.25, 0.3) is 0 Å². The van der Waals surface area contributed by atoms with Crippen LogP contribution >= 0.6 is 34.7 Å². The third-order valence-electron chi connectivity index (χ3n) is 2.99. The lowest BCUT2D eigenvalue weighted by atomic mass is 10.4. The molecule has 2 rings (SSSR count). The lowest BCUT2D eigenvalue weighted by molar-refractivity contribution is 0.0296. The zero-order valence-corrected chi connectivity index (χ0v) is 13.3. The van der Waals surface area contributed by atoms with Crippen LogP contribution in [0.25, 0.3) is 0 Å². The van der Waals surface area contributed by atoms with E-state index < -0.39 is 5.97 Å². The van der Waals surface area contributed by atoms with Crippen molar-refractivity contribution >= 4 is 40.7 Å². The second-order valence-electron chi connectivity index (χ2n) is 4.41. The topological polar surface area (TPSA) is 51.7 Å². The molecular weight excluding hydrogens is 323 g/mol. The summed E-state index contributed by atoms with van der Waals surface area (Å²) < 4.78 is 14.2. The largest absolute Gasteiger partial charge is 0.459 e. The molecule has 1 aliphatic heterocycles. The van der Waals surface area contributed by atoms with Gasteiger partial charge in [0.15, 0.2) is 10.0 Å². The Labute approximate surface area is 131 Å². The number of nitrogens with zero attached hydrogens (tertiary/aromatic N) is 2. The SMILES string of the molecule is O=C(OCCOCCN1CCCC1)c1snc(Cl)c1Cl. The fraction of sp³-hybridized carbons (Fsp3) is 0.667. The van der Waals surface area contributed by atoms with Crippen LogP contribution in [-0.4, -0.2) is 54.7 Å². The van der Waals surface area contributed by atoms with Crippen LogP contribution in [0.4, 0.5) is 0 Å². The van der Waals surface area contributed by atoms with Gasteiger partial charge in [-0.3, -0.25) is 0 Å². The molecule has 0 aromatic carbocycles. The number of hydrogen-bond acceptors (Lipinski definition) is 6. The van der Waals surface area contributed by atoms with Gasteiger partial charge in [0.2, 0.25) is 0 Å². The molecule has 0 saturated carbocycles. The predicted molar refractivity (Wildman–Crippen MR) is 78.9 cm³/mol. The summed E-state index contributed by atoms with van der Waals surface area (Å²) >= 11 is 12.4. The smallest absolute Gasteiger partial charge is 0.351 e. The van der Waals surface area contributed by atoms with Crippen molar-refractivity contribution in [2.75, 3.05) is 39.5 Å². The second-order valence-corrected chi connectivity index (χ2v) is 5.92. The molecule has 2 heterocycles. The Hall–Kier alpha value is -0.400. The highest BCUT2D eigenvalue weighted by atomic mass is 35.5. The van der Waals surface area contributed by atoms with Crippen molar-refractivity contribution in [1.82, 2.24) is 9.27 Å². The molecular formula is C12H16Cl2N2O3S. The second kappa shape index (κ2) is 8.14. The van der Waals surface area contributed by atoms with Gasteiger partial charge >= 0.3 is 5.97 Å². The van der Waals surface area contributed by atoms with Crippen LogP contribution in [0.3, 0.4) is 0 Å². The van der Waals surface area contributed by atoms with Crippen molar-refractivity contribution in [3.05, 3.63) is 15.1 Å². The Bertz CT molecular complexity index is 450. The Morgan fingerprint density at radius 2 is 2.00 bits per heavy atom. The van der Waals surface area contributed by atoms with E-state index >= 15 is 0 Å². The van der Waals surface area contributed by atoms with Gasteiger partial charge in [-0.2, -0.15) is 4.37 Å². The highest BCUT2D eigenvalue weighted by molar-refractivity contribution is 7.09. The molecule has 8 heteroatoms. The third-order valence-corrected chi connectivity index (χ3v) is 4.77. The van der Waals surface area contributed by atoms with Gasteiger partial charge in [0, 0.05) is 6.54 Å². The van der Waals surface area contributed by atoms with Crippen molar-refractivity contribution < 1.29 is 14.3 Å². The minimum atomic E-state index is -0.512. The number of halogens is 2. The quantitative estimate of drug-likeness (QED) is 0.565. The van der Waals surface area contributed by atoms with Gasteiger partial charge in [-0.05, 0) is 37.5 Å². The Balaban J connectivity index is 1.56. The van der Waals surface area contributed by atoms with E-state index in [4.69, 9.17) is 32.7 Å². The van der Waals surface area contributed by atoms with Gasteiger partial charge in [-0.15, -0.1) is 0 Å². The fourth-order valence-corrected chi connectivity index (χ4v) is 3.05. The van der Waals surface area contributed by atoms with Crippen LogP contribution in [0.15, 0.2) is 0 Å². The van der Waals surface area contributed by atoms with Crippen molar-refractivity contribution in [2.24, 2.45) is 0 Å². The summed E-state index contributed by atoms with van der Waals surface area (Å²) in [6.07, 6.45) is 2.55. The van der Waals surface area contributed by atoms with E-state index in [1.54, 1.807) is 0 Å². The lowest BCUT2D eigenvalue weighted by Gasteiger charge is -2.14. The summed E-state index contributed by atoms with van der Waals surface area (Å²) in [5, 5.41) is 0.280. The Morgan fingerprint density at radius 3 is 2.65 bits per heavy atom. The van der Waals surface area contributed by atoms with E-state index in [1.807, 2.05) is 0 Å². The molecule has 0 radical (unpaired) electrons. The van der Waals surface area contributed by atoms with Crippen LogP contribution < -0.4 is 0 Å². The summed E-state index contributed by atoms with van der Waals surface area (Å²) in [5.74, 6) is -0.512. The standard InChI is InChI=1S/C12H16Cl2N2O3S/c13-9-10(20-15-11(9)14)12(17)19-8-7-18-6-5-16-3-1-2-4-16/h1-8H2. The molecule has 0 amide bonds. The summed E-state index contributed by atoms with van der Waals surface area (Å²) in [6, 6.07) is 0. The Kier molecular flexibility index (Phi) is 6.51. The number of esters is 1.